The minimum Gasteiger partial charge on any atom is -0.507 e. The molecule has 0 bridgehead atoms. The van der Waals surface area contributed by atoms with Crippen molar-refractivity contribution in [3.8, 4) is 17.2 Å². The van der Waals surface area contributed by atoms with Gasteiger partial charge in [-0.05, 0) is 75.9 Å². The molecule has 0 aliphatic heterocycles. The summed E-state index contributed by atoms with van der Waals surface area (Å²) in [5, 5.41) is 14.9. The molecule has 0 unspecified atom stereocenters. The molecular formula is C31H38N2O6S. The molecule has 40 heavy (non-hydrogen) atoms. The van der Waals surface area contributed by atoms with E-state index in [1.54, 1.807) is 12.1 Å². The first-order valence-corrected chi connectivity index (χ1v) is 14.4. The third-order valence-electron chi connectivity index (χ3n) is 6.24. The van der Waals surface area contributed by atoms with E-state index < -0.39 is 10.1 Å². The van der Waals surface area contributed by atoms with Crippen molar-refractivity contribution in [3.63, 3.8) is 0 Å². The molecule has 0 atom stereocenters. The van der Waals surface area contributed by atoms with Gasteiger partial charge in [0.15, 0.2) is 0 Å². The molecule has 0 aliphatic rings. The van der Waals surface area contributed by atoms with E-state index in [1.165, 1.54) is 49.7 Å². The smallest absolute Gasteiger partial charge is 0.339 e. The highest BCUT2D eigenvalue weighted by Gasteiger charge is 2.26. The molecule has 0 aromatic heterocycles. The highest BCUT2D eigenvalue weighted by Crippen LogP contribution is 2.40. The van der Waals surface area contributed by atoms with Gasteiger partial charge in [-0.25, -0.2) is 5.43 Å². The molecule has 214 valence electrons. The van der Waals surface area contributed by atoms with Crippen LogP contribution >= 0.6 is 0 Å². The molecule has 0 saturated carbocycles. The Morgan fingerprint density at radius 1 is 0.925 bits per heavy atom. The highest BCUT2D eigenvalue weighted by atomic mass is 32.2. The summed E-state index contributed by atoms with van der Waals surface area (Å²) >= 11 is 0. The van der Waals surface area contributed by atoms with Crippen LogP contribution < -0.4 is 14.3 Å². The van der Waals surface area contributed by atoms with E-state index in [0.717, 1.165) is 16.7 Å². The number of aryl methyl sites for hydroxylation is 1. The van der Waals surface area contributed by atoms with E-state index in [2.05, 4.69) is 10.5 Å². The Morgan fingerprint density at radius 3 is 2.08 bits per heavy atom. The average Bonchev–Trinajstić information content (AvgIpc) is 2.86. The number of rotatable bonds is 9. The largest absolute Gasteiger partial charge is 0.507 e. The molecule has 3 rings (SSSR count). The molecule has 3 aromatic rings. The van der Waals surface area contributed by atoms with E-state index in [-0.39, 0.29) is 33.8 Å². The van der Waals surface area contributed by atoms with Crippen molar-refractivity contribution in [2.45, 2.75) is 70.1 Å². The number of nitrogens with one attached hydrogen (secondary N) is 1. The van der Waals surface area contributed by atoms with Crippen molar-refractivity contribution in [1.82, 2.24) is 5.43 Å². The molecule has 0 spiro atoms. The number of hydrogen-bond acceptors (Lipinski definition) is 7. The molecule has 9 heteroatoms. The van der Waals surface area contributed by atoms with Gasteiger partial charge in [-0.2, -0.15) is 13.5 Å². The number of methoxy groups -OCH3 is 1. The highest BCUT2D eigenvalue weighted by molar-refractivity contribution is 7.87. The molecule has 1 amide bonds. The van der Waals surface area contributed by atoms with Gasteiger partial charge < -0.3 is 14.0 Å². The molecule has 0 aliphatic carbocycles. The molecule has 0 fully saturated rings. The molecule has 3 aromatic carbocycles. The number of nitrogens with zero attached hydrogens (tertiary/aromatic N) is 1. The quantitative estimate of drug-likeness (QED) is 0.191. The van der Waals surface area contributed by atoms with Gasteiger partial charge in [-0.1, -0.05) is 65.8 Å². The molecule has 0 saturated heterocycles. The number of benzene rings is 3. The van der Waals surface area contributed by atoms with Crippen molar-refractivity contribution >= 4 is 22.2 Å². The Labute approximate surface area is 237 Å². The number of aromatic hydroxyl groups is 1. The molecule has 0 heterocycles. The maximum absolute atomic E-state index is 12.6. The number of hydrogen-bond donors (Lipinski definition) is 2. The maximum atomic E-state index is 12.6. The van der Waals surface area contributed by atoms with Gasteiger partial charge in [-0.3, -0.25) is 4.79 Å². The Bertz CT molecular complexity index is 1450. The van der Waals surface area contributed by atoms with Gasteiger partial charge in [0.05, 0.1) is 13.3 Å². The van der Waals surface area contributed by atoms with Crippen molar-refractivity contribution in [3.05, 3.63) is 82.9 Å². The van der Waals surface area contributed by atoms with Crippen LogP contribution in [0.1, 0.15) is 70.2 Å². The lowest BCUT2D eigenvalue weighted by atomic mass is 9.78. The van der Waals surface area contributed by atoms with Crippen LogP contribution in [0.3, 0.4) is 0 Å². The summed E-state index contributed by atoms with van der Waals surface area (Å²) in [5.74, 6) is 0.684. The first-order valence-electron chi connectivity index (χ1n) is 13.0. The zero-order chi connectivity index (χ0) is 29.7. The number of phenolic OH excluding ortho intramolecular Hbond substituents is 1. The van der Waals surface area contributed by atoms with Gasteiger partial charge in [0.1, 0.15) is 22.1 Å². The number of carbonyl (C=O) groups excluding carboxylic acids is 1. The number of amides is 1. The minimum atomic E-state index is -4.04. The Kier molecular flexibility index (Phi) is 9.30. The Hall–Kier alpha value is -3.85. The lowest BCUT2D eigenvalue weighted by Gasteiger charge is -2.28. The van der Waals surface area contributed by atoms with Crippen LogP contribution in [0.4, 0.5) is 0 Å². The van der Waals surface area contributed by atoms with Gasteiger partial charge in [0.2, 0.25) is 5.91 Å². The number of hydrazone groups is 1. The van der Waals surface area contributed by atoms with E-state index in [9.17, 15) is 18.3 Å². The van der Waals surface area contributed by atoms with Crippen molar-refractivity contribution < 1.29 is 27.2 Å². The van der Waals surface area contributed by atoms with E-state index in [1.807, 2.05) is 53.7 Å². The summed E-state index contributed by atoms with van der Waals surface area (Å²) in [5.41, 5.74) is 5.23. The number of phenols is 1. The maximum Gasteiger partial charge on any atom is 0.339 e. The Morgan fingerprint density at radius 2 is 1.52 bits per heavy atom. The summed E-state index contributed by atoms with van der Waals surface area (Å²) < 4.78 is 35.5. The first-order chi connectivity index (χ1) is 18.6. The second-order valence-corrected chi connectivity index (χ2v) is 13.2. The zero-order valence-electron chi connectivity index (χ0n) is 24.1. The van der Waals surface area contributed by atoms with Gasteiger partial charge in [-0.15, -0.1) is 0 Å². The van der Waals surface area contributed by atoms with Gasteiger partial charge in [0.25, 0.3) is 0 Å². The second-order valence-electron chi connectivity index (χ2n) is 11.6. The zero-order valence-corrected chi connectivity index (χ0v) is 24.9. The van der Waals surface area contributed by atoms with Crippen LogP contribution in [0, 0.1) is 0 Å². The monoisotopic (exact) mass is 566 g/mol. The van der Waals surface area contributed by atoms with E-state index >= 15 is 0 Å². The summed E-state index contributed by atoms with van der Waals surface area (Å²) in [6.07, 6.45) is 2.11. The van der Waals surface area contributed by atoms with Crippen molar-refractivity contribution in [2.75, 3.05) is 7.11 Å². The van der Waals surface area contributed by atoms with Crippen LogP contribution in [-0.4, -0.2) is 32.8 Å². The fraction of sp³-hybridized carbons (Fsp3) is 0.355. The van der Waals surface area contributed by atoms with Gasteiger partial charge >= 0.3 is 10.1 Å². The standard InChI is InChI=1S/C31H38N2O6S/c1-30(2,3)26-18-21(19-27(29(26)35)31(4,5)6)11-16-28(34)33-32-20-22-9-8-10-24(17-22)39-40(36,37)25-14-12-23(38-7)13-15-25/h8-10,12-15,17-20,35H,11,16H2,1-7H3,(H,33,34)/b32-20-. The summed E-state index contributed by atoms with van der Waals surface area (Å²) in [6, 6.07) is 16.2. The fourth-order valence-corrected chi connectivity index (χ4v) is 4.96. The first kappa shape index (κ1) is 30.7. The lowest BCUT2D eigenvalue weighted by Crippen LogP contribution is -2.20. The topological polar surface area (TPSA) is 114 Å². The fourth-order valence-electron chi connectivity index (χ4n) is 4.04. The Balaban J connectivity index is 1.64. The van der Waals surface area contributed by atoms with E-state index in [4.69, 9.17) is 8.92 Å². The second kappa shape index (κ2) is 12.1. The minimum absolute atomic E-state index is 0.00231. The molecule has 8 nitrogen and oxygen atoms in total. The predicted molar refractivity (Wildman–Crippen MR) is 157 cm³/mol. The molecule has 2 N–H and O–H groups in total. The van der Waals surface area contributed by atoms with Crippen molar-refractivity contribution in [1.29, 1.82) is 0 Å². The van der Waals surface area contributed by atoms with Crippen LogP contribution in [-0.2, 0) is 32.2 Å². The third-order valence-corrected chi connectivity index (χ3v) is 7.50. The summed E-state index contributed by atoms with van der Waals surface area (Å²) in [6.45, 7) is 12.3. The van der Waals surface area contributed by atoms with Crippen LogP contribution in [0.2, 0.25) is 0 Å². The summed E-state index contributed by atoms with van der Waals surface area (Å²) in [7, 11) is -2.54. The number of ether oxygens (including phenoxy) is 1. The van der Waals surface area contributed by atoms with E-state index in [0.29, 0.717) is 23.5 Å². The SMILES string of the molecule is COc1ccc(S(=O)(=O)Oc2cccc(/C=N\NC(=O)CCc3cc(C(C)(C)C)c(O)c(C(C)(C)C)c3)c2)cc1. The van der Waals surface area contributed by atoms with Crippen LogP contribution in [0.15, 0.2) is 70.7 Å². The summed E-state index contributed by atoms with van der Waals surface area (Å²) in [4.78, 5) is 12.5. The normalized spacial score (nSPS) is 12.4. The number of carbonyl (C=O) groups is 1. The lowest BCUT2D eigenvalue weighted by molar-refractivity contribution is -0.121. The average molecular weight is 567 g/mol. The molecule has 0 radical (unpaired) electrons. The molecular weight excluding hydrogens is 528 g/mol. The predicted octanol–water partition coefficient (Wildman–Crippen LogP) is 5.85. The van der Waals surface area contributed by atoms with Crippen LogP contribution in [0.5, 0.6) is 17.2 Å². The third kappa shape index (κ3) is 8.08. The van der Waals surface area contributed by atoms with Crippen molar-refractivity contribution in [2.24, 2.45) is 5.10 Å². The van der Waals surface area contributed by atoms with Gasteiger partial charge in [0, 0.05) is 6.42 Å². The van der Waals surface area contributed by atoms with Crippen LogP contribution in [0.25, 0.3) is 0 Å².